The molecule has 21 heavy (non-hydrogen) atoms. The van der Waals surface area contributed by atoms with Gasteiger partial charge in [-0.25, -0.2) is 4.68 Å². The van der Waals surface area contributed by atoms with Crippen molar-refractivity contribution in [1.82, 2.24) is 15.1 Å². The maximum Gasteiger partial charge on any atom is 0.269 e. The summed E-state index contributed by atoms with van der Waals surface area (Å²) in [6.45, 7) is 2.02. The zero-order valence-electron chi connectivity index (χ0n) is 11.7. The number of hydrogen-bond acceptors (Lipinski definition) is 4. The van der Waals surface area contributed by atoms with Gasteiger partial charge in [-0.1, -0.05) is 17.7 Å². The summed E-state index contributed by atoms with van der Waals surface area (Å²) in [6.07, 6.45) is 1.68. The fourth-order valence-electron chi connectivity index (χ4n) is 1.89. The highest BCUT2D eigenvalue weighted by Crippen LogP contribution is 2.20. The number of hydrogen-bond donors (Lipinski definition) is 2. The Morgan fingerprint density at radius 3 is 2.95 bits per heavy atom. The molecule has 0 unspecified atom stereocenters. The number of carbonyl (C=O) groups excluding carboxylic acids is 1. The number of rotatable bonds is 7. The highest BCUT2D eigenvalue weighted by Gasteiger charge is 2.10. The van der Waals surface area contributed by atoms with E-state index in [0.29, 0.717) is 18.2 Å². The Balaban J connectivity index is 2.23. The molecule has 7 heteroatoms. The molecule has 0 atom stereocenters. The molecule has 2 aromatic rings. The Kier molecular flexibility index (Phi) is 5.32. The van der Waals surface area contributed by atoms with Crippen LogP contribution in [-0.4, -0.2) is 35.9 Å². The first-order chi connectivity index (χ1) is 10.1. The summed E-state index contributed by atoms with van der Waals surface area (Å²) in [5.74, 6) is -0.560. The van der Waals surface area contributed by atoms with Gasteiger partial charge < -0.3 is 15.8 Å². The molecule has 0 aliphatic heterocycles. The van der Waals surface area contributed by atoms with Crippen molar-refractivity contribution in [3.63, 3.8) is 0 Å². The van der Waals surface area contributed by atoms with E-state index in [0.717, 1.165) is 17.8 Å². The van der Waals surface area contributed by atoms with E-state index in [1.54, 1.807) is 30.1 Å². The maximum absolute atomic E-state index is 11.1. The summed E-state index contributed by atoms with van der Waals surface area (Å²) < 4.78 is 6.59. The van der Waals surface area contributed by atoms with Gasteiger partial charge in [0.2, 0.25) is 0 Å². The van der Waals surface area contributed by atoms with Crippen LogP contribution in [0.25, 0.3) is 5.69 Å². The van der Waals surface area contributed by atoms with E-state index in [-0.39, 0.29) is 5.69 Å². The molecule has 0 bridgehead atoms. The Bertz CT molecular complexity index is 627. The van der Waals surface area contributed by atoms with Gasteiger partial charge in [0, 0.05) is 31.4 Å². The Labute approximate surface area is 127 Å². The molecule has 0 aliphatic carbocycles. The van der Waals surface area contributed by atoms with Crippen molar-refractivity contribution in [3.8, 4) is 5.69 Å². The second kappa shape index (κ2) is 7.21. The van der Waals surface area contributed by atoms with Crippen LogP contribution in [0.4, 0.5) is 0 Å². The van der Waals surface area contributed by atoms with Crippen LogP contribution in [0.5, 0.6) is 0 Å². The van der Waals surface area contributed by atoms with Crippen LogP contribution in [0.2, 0.25) is 5.02 Å². The van der Waals surface area contributed by atoms with Gasteiger partial charge in [0.05, 0.1) is 12.3 Å². The molecule has 0 aliphatic rings. The number of methoxy groups -OCH3 is 1. The Morgan fingerprint density at radius 2 is 2.29 bits per heavy atom. The fourth-order valence-corrected chi connectivity index (χ4v) is 2.05. The predicted octanol–water partition coefficient (Wildman–Crippen LogP) is 1.36. The van der Waals surface area contributed by atoms with E-state index in [4.69, 9.17) is 22.1 Å². The average Bonchev–Trinajstić information content (AvgIpc) is 2.94. The number of ether oxygens (including phenoxy) is 1. The Hall–Kier alpha value is -1.89. The summed E-state index contributed by atoms with van der Waals surface area (Å²) in [4.78, 5) is 11.1. The quantitative estimate of drug-likeness (QED) is 0.757. The number of nitrogens with zero attached hydrogens (tertiary/aromatic N) is 2. The van der Waals surface area contributed by atoms with Crippen LogP contribution in [-0.2, 0) is 11.3 Å². The lowest BCUT2D eigenvalue weighted by Gasteiger charge is -2.11. The van der Waals surface area contributed by atoms with Crippen molar-refractivity contribution in [2.75, 3.05) is 20.3 Å². The first-order valence-electron chi connectivity index (χ1n) is 6.45. The van der Waals surface area contributed by atoms with Crippen LogP contribution in [0.3, 0.4) is 0 Å². The zero-order valence-corrected chi connectivity index (χ0v) is 12.4. The summed E-state index contributed by atoms with van der Waals surface area (Å²) in [7, 11) is 1.66. The van der Waals surface area contributed by atoms with Crippen molar-refractivity contribution in [3.05, 3.63) is 46.7 Å². The molecule has 1 heterocycles. The summed E-state index contributed by atoms with van der Waals surface area (Å²) in [6, 6.07) is 7.11. The van der Waals surface area contributed by atoms with Crippen molar-refractivity contribution >= 4 is 17.5 Å². The third kappa shape index (κ3) is 4.04. The van der Waals surface area contributed by atoms with Gasteiger partial charge in [0.25, 0.3) is 5.91 Å². The van der Waals surface area contributed by atoms with E-state index >= 15 is 0 Å². The smallest absolute Gasteiger partial charge is 0.269 e. The molecule has 1 amide bonds. The predicted molar refractivity (Wildman–Crippen MR) is 80.7 cm³/mol. The molecule has 0 spiro atoms. The van der Waals surface area contributed by atoms with E-state index in [1.165, 1.54) is 0 Å². The van der Waals surface area contributed by atoms with Gasteiger partial charge in [-0.3, -0.25) is 4.79 Å². The first-order valence-corrected chi connectivity index (χ1v) is 6.83. The molecule has 0 saturated heterocycles. The van der Waals surface area contributed by atoms with Crippen molar-refractivity contribution in [2.45, 2.75) is 6.54 Å². The van der Waals surface area contributed by atoms with Crippen molar-refractivity contribution in [2.24, 2.45) is 5.73 Å². The molecular weight excluding hydrogens is 292 g/mol. The monoisotopic (exact) mass is 308 g/mol. The lowest BCUT2D eigenvalue weighted by molar-refractivity contribution is 0.0995. The van der Waals surface area contributed by atoms with Crippen LogP contribution in [0.15, 0.2) is 30.5 Å². The van der Waals surface area contributed by atoms with E-state index in [9.17, 15) is 4.79 Å². The normalized spacial score (nSPS) is 10.8. The highest BCUT2D eigenvalue weighted by atomic mass is 35.5. The lowest BCUT2D eigenvalue weighted by atomic mass is 10.2. The molecule has 1 aromatic heterocycles. The average molecular weight is 309 g/mol. The third-order valence-corrected chi connectivity index (χ3v) is 3.17. The van der Waals surface area contributed by atoms with Gasteiger partial charge in [-0.05, 0) is 23.8 Å². The SMILES string of the molecule is COCCNCc1ccc(Cl)cc1-n1ccc(C(N)=O)n1. The number of primary amides is 1. The maximum atomic E-state index is 11.1. The molecule has 6 nitrogen and oxygen atoms in total. The number of nitrogens with two attached hydrogens (primary N) is 1. The molecule has 112 valence electrons. The largest absolute Gasteiger partial charge is 0.383 e. The first kappa shape index (κ1) is 15.5. The minimum atomic E-state index is -0.560. The fraction of sp³-hybridized carbons (Fsp3) is 0.286. The zero-order chi connectivity index (χ0) is 15.2. The number of halogens is 1. The van der Waals surface area contributed by atoms with E-state index in [1.807, 2.05) is 12.1 Å². The number of nitrogens with one attached hydrogen (secondary N) is 1. The van der Waals surface area contributed by atoms with Gasteiger partial charge in [-0.2, -0.15) is 5.10 Å². The topological polar surface area (TPSA) is 82.2 Å². The van der Waals surface area contributed by atoms with Crippen LogP contribution in [0.1, 0.15) is 16.1 Å². The molecule has 2 rings (SSSR count). The number of amides is 1. The minimum absolute atomic E-state index is 0.216. The highest BCUT2D eigenvalue weighted by molar-refractivity contribution is 6.30. The molecule has 0 radical (unpaired) electrons. The second-order valence-electron chi connectivity index (χ2n) is 4.45. The summed E-state index contributed by atoms with van der Waals surface area (Å²) in [5.41, 5.74) is 7.25. The van der Waals surface area contributed by atoms with Gasteiger partial charge in [0.15, 0.2) is 0 Å². The molecular formula is C14H17ClN4O2. The summed E-state index contributed by atoms with van der Waals surface area (Å²) in [5, 5.41) is 8.02. The third-order valence-electron chi connectivity index (χ3n) is 2.93. The molecule has 0 fully saturated rings. The van der Waals surface area contributed by atoms with Gasteiger partial charge in [-0.15, -0.1) is 0 Å². The van der Waals surface area contributed by atoms with Crippen LogP contribution in [0, 0.1) is 0 Å². The number of benzene rings is 1. The van der Waals surface area contributed by atoms with Gasteiger partial charge >= 0.3 is 0 Å². The van der Waals surface area contributed by atoms with Crippen molar-refractivity contribution < 1.29 is 9.53 Å². The molecule has 1 aromatic carbocycles. The van der Waals surface area contributed by atoms with Crippen LogP contribution < -0.4 is 11.1 Å². The molecule has 3 N–H and O–H groups in total. The standard InChI is InChI=1S/C14H17ClN4O2/c1-21-7-5-17-9-10-2-3-11(15)8-13(10)19-6-4-12(18-19)14(16)20/h2-4,6,8,17H,5,7,9H2,1H3,(H2,16,20). The van der Waals surface area contributed by atoms with E-state index in [2.05, 4.69) is 10.4 Å². The minimum Gasteiger partial charge on any atom is -0.383 e. The lowest BCUT2D eigenvalue weighted by Crippen LogP contribution is -2.19. The second-order valence-corrected chi connectivity index (χ2v) is 4.89. The number of aromatic nitrogens is 2. The van der Waals surface area contributed by atoms with Crippen molar-refractivity contribution in [1.29, 1.82) is 0 Å². The Morgan fingerprint density at radius 1 is 1.48 bits per heavy atom. The summed E-state index contributed by atoms with van der Waals surface area (Å²) >= 11 is 6.05. The van der Waals surface area contributed by atoms with Gasteiger partial charge in [0.1, 0.15) is 5.69 Å². The van der Waals surface area contributed by atoms with Crippen LogP contribution >= 0.6 is 11.6 Å². The number of carbonyl (C=O) groups is 1. The molecule has 0 saturated carbocycles. The van der Waals surface area contributed by atoms with E-state index < -0.39 is 5.91 Å².